The number of imide groups is 1. The van der Waals surface area contributed by atoms with E-state index in [-0.39, 0.29) is 18.4 Å². The maximum absolute atomic E-state index is 12.6. The van der Waals surface area contributed by atoms with Crippen LogP contribution in [0.3, 0.4) is 0 Å². The molecule has 1 spiro atoms. The highest BCUT2D eigenvalue weighted by molar-refractivity contribution is 8.00. The molecule has 0 unspecified atom stereocenters. The lowest BCUT2D eigenvalue weighted by Gasteiger charge is -2.19. The number of urea groups is 1. The molecule has 32 heavy (non-hydrogen) atoms. The largest absolute Gasteiger partial charge is 0.465 e. The van der Waals surface area contributed by atoms with E-state index >= 15 is 0 Å². The number of amides is 4. The normalized spacial score (nSPS) is 17.0. The fourth-order valence-electron chi connectivity index (χ4n) is 3.76. The average Bonchev–Trinajstić information content (AvgIpc) is 3.50. The molecule has 1 saturated carbocycles. The number of esters is 1. The number of methoxy groups -OCH3 is 1. The molecule has 168 valence electrons. The maximum Gasteiger partial charge on any atom is 0.337 e. The number of hydrogen-bond donors (Lipinski definition) is 2. The Hall–Kier alpha value is -2.99. The molecule has 1 aromatic heterocycles. The Morgan fingerprint density at radius 1 is 1.22 bits per heavy atom. The van der Waals surface area contributed by atoms with Gasteiger partial charge in [0.25, 0.3) is 5.91 Å². The molecule has 2 aromatic rings. The molecule has 10 nitrogen and oxygen atoms in total. The molecular weight excluding hydrogens is 454 g/mol. The molecule has 1 saturated heterocycles. The number of carbonyl (C=O) groups excluding carboxylic acids is 4. The molecule has 0 bridgehead atoms. The highest BCUT2D eigenvalue weighted by atomic mass is 32.2. The molecule has 2 N–H and O–H groups in total. The van der Waals surface area contributed by atoms with Crippen LogP contribution in [0.1, 0.15) is 41.6 Å². The van der Waals surface area contributed by atoms with Gasteiger partial charge < -0.3 is 10.1 Å². The van der Waals surface area contributed by atoms with Crippen molar-refractivity contribution in [1.82, 2.24) is 20.4 Å². The molecule has 12 heteroatoms. The topological polar surface area (TPSA) is 131 Å². The van der Waals surface area contributed by atoms with Crippen LogP contribution < -0.4 is 10.6 Å². The zero-order chi connectivity index (χ0) is 22.7. The third-order valence-electron chi connectivity index (χ3n) is 5.39. The molecule has 1 aromatic carbocycles. The lowest BCUT2D eigenvalue weighted by atomic mass is 9.98. The minimum atomic E-state index is -0.834. The van der Waals surface area contributed by atoms with E-state index < -0.39 is 17.5 Å². The van der Waals surface area contributed by atoms with Gasteiger partial charge in [-0.1, -0.05) is 48.1 Å². The number of benzene rings is 1. The standard InChI is InChI=1S/C20H21N5O5S2/c1-30-15(27)13-6-4-12(5-7-13)11-31-19-24-23-17(32-19)21-14(26)10-25-16(28)20(22-18(25)29)8-2-3-9-20/h4-7H,2-3,8-11H2,1H3,(H,22,29)(H,21,23,26). The van der Waals surface area contributed by atoms with Gasteiger partial charge in [-0.25, -0.2) is 9.59 Å². The van der Waals surface area contributed by atoms with Crippen molar-refractivity contribution in [3.05, 3.63) is 35.4 Å². The van der Waals surface area contributed by atoms with Crippen LogP contribution in [0.15, 0.2) is 28.6 Å². The average molecular weight is 476 g/mol. The Morgan fingerprint density at radius 2 is 1.94 bits per heavy atom. The second-order valence-corrected chi connectivity index (χ2v) is 9.71. The van der Waals surface area contributed by atoms with E-state index in [1.807, 2.05) is 12.1 Å². The Kier molecular flexibility index (Phi) is 6.42. The lowest BCUT2D eigenvalue weighted by Crippen LogP contribution is -2.44. The molecule has 1 aliphatic heterocycles. The first kappa shape index (κ1) is 22.2. The van der Waals surface area contributed by atoms with Crippen molar-refractivity contribution >= 4 is 52.0 Å². The first-order valence-electron chi connectivity index (χ1n) is 9.98. The van der Waals surface area contributed by atoms with Gasteiger partial charge in [0, 0.05) is 5.75 Å². The van der Waals surface area contributed by atoms with Crippen molar-refractivity contribution in [3.8, 4) is 0 Å². The predicted molar refractivity (Wildman–Crippen MR) is 117 cm³/mol. The number of carbonyl (C=O) groups is 4. The predicted octanol–water partition coefficient (Wildman–Crippen LogP) is 2.42. The quantitative estimate of drug-likeness (QED) is 0.270. The second-order valence-electron chi connectivity index (χ2n) is 7.51. The monoisotopic (exact) mass is 475 g/mol. The summed E-state index contributed by atoms with van der Waals surface area (Å²) < 4.78 is 5.33. The van der Waals surface area contributed by atoms with Crippen LogP contribution >= 0.6 is 23.1 Å². The minimum absolute atomic E-state index is 0.293. The van der Waals surface area contributed by atoms with Crippen molar-refractivity contribution in [2.75, 3.05) is 19.0 Å². The Balaban J connectivity index is 1.28. The van der Waals surface area contributed by atoms with Crippen LogP contribution in [-0.2, 0) is 20.1 Å². The smallest absolute Gasteiger partial charge is 0.337 e. The van der Waals surface area contributed by atoms with Crippen molar-refractivity contribution in [2.45, 2.75) is 41.3 Å². The zero-order valence-electron chi connectivity index (χ0n) is 17.3. The van der Waals surface area contributed by atoms with Gasteiger partial charge in [-0.05, 0) is 30.5 Å². The molecule has 0 atom stereocenters. The summed E-state index contributed by atoms with van der Waals surface area (Å²) in [5, 5.41) is 13.6. The molecule has 4 amide bonds. The van der Waals surface area contributed by atoms with Gasteiger partial charge in [0.05, 0.1) is 12.7 Å². The Morgan fingerprint density at radius 3 is 2.62 bits per heavy atom. The number of aromatic nitrogens is 2. The summed E-state index contributed by atoms with van der Waals surface area (Å²) in [7, 11) is 1.34. The molecule has 0 radical (unpaired) electrons. The molecule has 1 aliphatic carbocycles. The fraction of sp³-hybridized carbons (Fsp3) is 0.400. The second kappa shape index (κ2) is 9.25. The fourth-order valence-corrected chi connectivity index (χ4v) is 5.48. The summed E-state index contributed by atoms with van der Waals surface area (Å²) in [6.45, 7) is -0.360. The van der Waals surface area contributed by atoms with Crippen LogP contribution in [-0.4, -0.2) is 58.1 Å². The number of anilines is 1. The first-order chi connectivity index (χ1) is 15.4. The number of nitrogens with one attached hydrogen (secondary N) is 2. The third-order valence-corrected chi connectivity index (χ3v) is 7.44. The van der Waals surface area contributed by atoms with Crippen molar-refractivity contribution in [1.29, 1.82) is 0 Å². The Labute approximate surface area is 192 Å². The van der Waals surface area contributed by atoms with Crippen LogP contribution in [0.2, 0.25) is 0 Å². The van der Waals surface area contributed by atoms with Gasteiger partial charge in [-0.3, -0.25) is 19.8 Å². The summed E-state index contributed by atoms with van der Waals surface area (Å²) in [5.74, 6) is -0.620. The summed E-state index contributed by atoms with van der Waals surface area (Å²) >= 11 is 2.64. The van der Waals surface area contributed by atoms with Crippen LogP contribution in [0, 0.1) is 0 Å². The van der Waals surface area contributed by atoms with E-state index in [0.29, 0.717) is 33.6 Å². The highest BCUT2D eigenvalue weighted by Crippen LogP contribution is 2.35. The van der Waals surface area contributed by atoms with Gasteiger partial charge in [-0.15, -0.1) is 10.2 Å². The molecule has 2 heterocycles. The van der Waals surface area contributed by atoms with E-state index in [9.17, 15) is 19.2 Å². The number of nitrogens with zero attached hydrogens (tertiary/aromatic N) is 3. The van der Waals surface area contributed by atoms with Gasteiger partial charge in [0.1, 0.15) is 12.1 Å². The van der Waals surface area contributed by atoms with Crippen molar-refractivity contribution in [3.63, 3.8) is 0 Å². The number of thioether (sulfide) groups is 1. The van der Waals surface area contributed by atoms with Crippen LogP contribution in [0.25, 0.3) is 0 Å². The summed E-state index contributed by atoms with van der Waals surface area (Å²) in [6.07, 6.45) is 2.98. The number of rotatable bonds is 7. The molecular formula is C20H21N5O5S2. The summed E-state index contributed by atoms with van der Waals surface area (Å²) in [4.78, 5) is 49.7. The summed E-state index contributed by atoms with van der Waals surface area (Å²) in [6, 6.07) is 6.52. The highest BCUT2D eigenvalue weighted by Gasteiger charge is 2.52. The molecule has 2 aliphatic rings. The maximum atomic E-state index is 12.6. The van der Waals surface area contributed by atoms with E-state index in [1.54, 1.807) is 12.1 Å². The molecule has 2 fully saturated rings. The minimum Gasteiger partial charge on any atom is -0.465 e. The van der Waals surface area contributed by atoms with E-state index in [0.717, 1.165) is 23.3 Å². The third kappa shape index (κ3) is 4.60. The van der Waals surface area contributed by atoms with Crippen molar-refractivity contribution < 1.29 is 23.9 Å². The van der Waals surface area contributed by atoms with Gasteiger partial charge in [0.15, 0.2) is 4.34 Å². The summed E-state index contributed by atoms with van der Waals surface area (Å²) in [5.41, 5.74) is 0.632. The van der Waals surface area contributed by atoms with Crippen molar-refractivity contribution in [2.24, 2.45) is 0 Å². The number of ether oxygens (including phenoxy) is 1. The van der Waals surface area contributed by atoms with E-state index in [2.05, 4.69) is 25.6 Å². The SMILES string of the molecule is COC(=O)c1ccc(CSc2nnc(NC(=O)CN3C(=O)NC4(CCCC4)C3=O)s2)cc1. The van der Waals surface area contributed by atoms with Crippen LogP contribution in [0.5, 0.6) is 0 Å². The molecule has 4 rings (SSSR count). The van der Waals surface area contributed by atoms with E-state index in [1.165, 1.54) is 30.2 Å². The van der Waals surface area contributed by atoms with Gasteiger partial charge in [-0.2, -0.15) is 0 Å². The Bertz CT molecular complexity index is 1050. The first-order valence-corrected chi connectivity index (χ1v) is 11.8. The number of hydrogen-bond acceptors (Lipinski definition) is 9. The van der Waals surface area contributed by atoms with E-state index in [4.69, 9.17) is 0 Å². The lowest BCUT2D eigenvalue weighted by molar-refractivity contribution is -0.133. The van der Waals surface area contributed by atoms with Crippen LogP contribution in [0.4, 0.5) is 9.93 Å². The van der Waals surface area contributed by atoms with Gasteiger partial charge in [0.2, 0.25) is 11.0 Å². The van der Waals surface area contributed by atoms with Gasteiger partial charge >= 0.3 is 12.0 Å². The zero-order valence-corrected chi connectivity index (χ0v) is 18.9.